The van der Waals surface area contributed by atoms with Crippen molar-refractivity contribution in [3.05, 3.63) is 35.9 Å². The molecule has 2 N–H and O–H groups in total. The number of carbonyl (C=O) groups excluding carboxylic acids is 1. The van der Waals surface area contributed by atoms with Gasteiger partial charge in [0.25, 0.3) is 0 Å². The number of carbonyl (C=O) groups is 1. The maximum Gasteiger partial charge on any atom is 0.239 e. The molecular formula is C16H25ClN2O2. The van der Waals surface area contributed by atoms with Gasteiger partial charge in [0.15, 0.2) is 0 Å². The molecule has 1 atom stereocenters. The molecule has 1 aliphatic heterocycles. The van der Waals surface area contributed by atoms with Crippen LogP contribution in [-0.4, -0.2) is 43.7 Å². The Bertz CT molecular complexity index is 422. The van der Waals surface area contributed by atoms with Crippen LogP contribution in [0.2, 0.25) is 0 Å². The lowest BCUT2D eigenvalue weighted by Gasteiger charge is -2.28. The van der Waals surface area contributed by atoms with E-state index in [1.54, 1.807) is 4.90 Å². The molecular weight excluding hydrogens is 288 g/mol. The van der Waals surface area contributed by atoms with Gasteiger partial charge in [-0.3, -0.25) is 4.79 Å². The van der Waals surface area contributed by atoms with Crippen molar-refractivity contribution in [2.24, 2.45) is 11.7 Å². The summed E-state index contributed by atoms with van der Waals surface area (Å²) in [7, 11) is 1.85. The summed E-state index contributed by atoms with van der Waals surface area (Å²) in [4.78, 5) is 14.1. The summed E-state index contributed by atoms with van der Waals surface area (Å²) in [6.07, 6.45) is 2.66. The third kappa shape index (κ3) is 5.65. The smallest absolute Gasteiger partial charge is 0.239 e. The van der Waals surface area contributed by atoms with Crippen LogP contribution < -0.4 is 5.73 Å². The highest BCUT2D eigenvalue weighted by atomic mass is 35.5. The molecule has 1 aromatic carbocycles. The second-order valence-electron chi connectivity index (χ2n) is 5.57. The first-order valence-corrected chi connectivity index (χ1v) is 7.29. The van der Waals surface area contributed by atoms with E-state index in [1.807, 2.05) is 37.4 Å². The minimum Gasteiger partial charge on any atom is -0.381 e. The molecule has 118 valence electrons. The molecule has 0 aliphatic carbocycles. The van der Waals surface area contributed by atoms with Crippen LogP contribution in [0, 0.1) is 5.92 Å². The van der Waals surface area contributed by atoms with Crippen LogP contribution in [0.1, 0.15) is 18.4 Å². The zero-order chi connectivity index (χ0) is 14.4. The van der Waals surface area contributed by atoms with Gasteiger partial charge in [-0.2, -0.15) is 0 Å². The first kappa shape index (κ1) is 18.0. The Hall–Kier alpha value is -1.10. The minimum atomic E-state index is -0.456. The van der Waals surface area contributed by atoms with Crippen molar-refractivity contribution in [1.82, 2.24) is 4.90 Å². The van der Waals surface area contributed by atoms with Gasteiger partial charge >= 0.3 is 0 Å². The summed E-state index contributed by atoms with van der Waals surface area (Å²) in [5.74, 6) is 0.571. The summed E-state index contributed by atoms with van der Waals surface area (Å²) in [5, 5.41) is 0. The molecule has 0 aromatic heterocycles. The van der Waals surface area contributed by atoms with Crippen LogP contribution in [-0.2, 0) is 16.0 Å². The van der Waals surface area contributed by atoms with Gasteiger partial charge in [-0.1, -0.05) is 30.3 Å². The lowest BCUT2D eigenvalue weighted by atomic mass is 9.99. The van der Waals surface area contributed by atoms with Crippen molar-refractivity contribution in [2.45, 2.75) is 25.3 Å². The molecule has 1 aromatic rings. The van der Waals surface area contributed by atoms with Crippen molar-refractivity contribution in [3.63, 3.8) is 0 Å². The Morgan fingerprint density at radius 1 is 1.33 bits per heavy atom. The Morgan fingerprint density at radius 3 is 2.57 bits per heavy atom. The number of benzene rings is 1. The molecule has 0 bridgehead atoms. The molecule has 1 saturated heterocycles. The van der Waals surface area contributed by atoms with Gasteiger partial charge in [0, 0.05) is 26.8 Å². The summed E-state index contributed by atoms with van der Waals surface area (Å²) >= 11 is 0. The van der Waals surface area contributed by atoms with Crippen molar-refractivity contribution >= 4 is 18.3 Å². The van der Waals surface area contributed by atoms with Crippen molar-refractivity contribution < 1.29 is 9.53 Å². The topological polar surface area (TPSA) is 55.6 Å². The molecule has 0 saturated carbocycles. The van der Waals surface area contributed by atoms with E-state index in [9.17, 15) is 4.79 Å². The van der Waals surface area contributed by atoms with E-state index < -0.39 is 6.04 Å². The quantitative estimate of drug-likeness (QED) is 0.903. The van der Waals surface area contributed by atoms with Crippen LogP contribution in [0.3, 0.4) is 0 Å². The monoisotopic (exact) mass is 312 g/mol. The van der Waals surface area contributed by atoms with Gasteiger partial charge in [-0.05, 0) is 30.7 Å². The minimum absolute atomic E-state index is 0. The SMILES string of the molecule is CN(CC1CCOCC1)C(=O)C(N)Cc1ccccc1.Cl. The molecule has 1 unspecified atom stereocenters. The summed E-state index contributed by atoms with van der Waals surface area (Å²) < 4.78 is 5.34. The maximum absolute atomic E-state index is 12.3. The Kier molecular flexibility index (Phi) is 7.72. The van der Waals surface area contributed by atoms with Crippen molar-refractivity contribution in [1.29, 1.82) is 0 Å². The molecule has 0 radical (unpaired) electrons. The fraction of sp³-hybridized carbons (Fsp3) is 0.562. The molecule has 5 heteroatoms. The highest BCUT2D eigenvalue weighted by molar-refractivity contribution is 5.85. The number of hydrogen-bond acceptors (Lipinski definition) is 3. The standard InChI is InChI=1S/C16H24N2O2.ClH/c1-18(12-14-7-9-20-10-8-14)16(19)15(17)11-13-5-3-2-4-6-13;/h2-6,14-15H,7-12,17H2,1H3;1H. The molecule has 1 amide bonds. The normalized spacial score (nSPS) is 16.9. The first-order chi connectivity index (χ1) is 9.66. The maximum atomic E-state index is 12.3. The highest BCUT2D eigenvalue weighted by Gasteiger charge is 2.22. The molecule has 2 rings (SSSR count). The van der Waals surface area contributed by atoms with Gasteiger partial charge in [0.05, 0.1) is 6.04 Å². The van der Waals surface area contributed by atoms with Crippen LogP contribution in [0.25, 0.3) is 0 Å². The lowest BCUT2D eigenvalue weighted by Crippen LogP contribution is -2.45. The number of nitrogens with two attached hydrogens (primary N) is 1. The van der Waals surface area contributed by atoms with Gasteiger partial charge in [-0.25, -0.2) is 0 Å². The van der Waals surface area contributed by atoms with E-state index in [2.05, 4.69) is 0 Å². The fourth-order valence-electron chi connectivity index (χ4n) is 2.64. The third-order valence-electron chi connectivity index (χ3n) is 3.86. The van der Waals surface area contributed by atoms with Gasteiger partial charge in [-0.15, -0.1) is 12.4 Å². The van der Waals surface area contributed by atoms with Crippen LogP contribution in [0.5, 0.6) is 0 Å². The number of halogens is 1. The average molecular weight is 313 g/mol. The van der Waals surface area contributed by atoms with E-state index in [-0.39, 0.29) is 18.3 Å². The Morgan fingerprint density at radius 2 is 1.95 bits per heavy atom. The number of ether oxygens (including phenoxy) is 1. The van der Waals surface area contributed by atoms with E-state index in [4.69, 9.17) is 10.5 Å². The first-order valence-electron chi connectivity index (χ1n) is 7.29. The molecule has 1 heterocycles. The number of nitrogens with zero attached hydrogens (tertiary/aromatic N) is 1. The molecule has 1 aliphatic rings. The number of amides is 1. The van der Waals surface area contributed by atoms with E-state index in [1.165, 1.54) is 0 Å². The van der Waals surface area contributed by atoms with Crippen LogP contribution >= 0.6 is 12.4 Å². The average Bonchev–Trinajstić information content (AvgIpc) is 2.48. The van der Waals surface area contributed by atoms with Gasteiger partial charge in [0.2, 0.25) is 5.91 Å². The van der Waals surface area contributed by atoms with Crippen molar-refractivity contribution in [2.75, 3.05) is 26.8 Å². The summed E-state index contributed by atoms with van der Waals surface area (Å²) in [5.41, 5.74) is 7.14. The zero-order valence-electron chi connectivity index (χ0n) is 12.5. The van der Waals surface area contributed by atoms with Crippen molar-refractivity contribution in [3.8, 4) is 0 Å². The zero-order valence-corrected chi connectivity index (χ0v) is 13.3. The predicted molar refractivity (Wildman–Crippen MR) is 86.5 cm³/mol. The van der Waals surface area contributed by atoms with E-state index in [0.717, 1.165) is 38.2 Å². The number of hydrogen-bond donors (Lipinski definition) is 1. The number of rotatable bonds is 5. The largest absolute Gasteiger partial charge is 0.381 e. The third-order valence-corrected chi connectivity index (χ3v) is 3.86. The second-order valence-corrected chi connectivity index (χ2v) is 5.57. The molecule has 21 heavy (non-hydrogen) atoms. The van der Waals surface area contributed by atoms with Crippen LogP contribution in [0.4, 0.5) is 0 Å². The molecule has 4 nitrogen and oxygen atoms in total. The lowest BCUT2D eigenvalue weighted by molar-refractivity contribution is -0.132. The molecule has 1 fully saturated rings. The molecule has 0 spiro atoms. The Labute approximate surface area is 133 Å². The van der Waals surface area contributed by atoms with E-state index in [0.29, 0.717) is 12.3 Å². The summed E-state index contributed by atoms with van der Waals surface area (Å²) in [6, 6.07) is 9.46. The van der Waals surface area contributed by atoms with Gasteiger partial charge < -0.3 is 15.4 Å². The Balaban J connectivity index is 0.00000220. The number of likely N-dealkylation sites (N-methyl/N-ethyl adjacent to an activating group) is 1. The second kappa shape index (κ2) is 9.03. The van der Waals surface area contributed by atoms with E-state index >= 15 is 0 Å². The van der Waals surface area contributed by atoms with Gasteiger partial charge in [0.1, 0.15) is 0 Å². The predicted octanol–water partition coefficient (Wildman–Crippen LogP) is 1.86. The van der Waals surface area contributed by atoms with Crippen LogP contribution in [0.15, 0.2) is 30.3 Å². The highest BCUT2D eigenvalue weighted by Crippen LogP contribution is 2.16. The fourth-order valence-corrected chi connectivity index (χ4v) is 2.64. The summed E-state index contributed by atoms with van der Waals surface area (Å²) in [6.45, 7) is 2.40.